The number of nitrogen functional groups attached to an aromatic ring is 1. The van der Waals surface area contributed by atoms with Crippen LogP contribution in [0.2, 0.25) is 0 Å². The van der Waals surface area contributed by atoms with E-state index in [0.717, 1.165) is 23.8 Å². The van der Waals surface area contributed by atoms with Crippen molar-refractivity contribution in [3.05, 3.63) is 18.5 Å². The summed E-state index contributed by atoms with van der Waals surface area (Å²) in [6.45, 7) is 1.13. The third-order valence-electron chi connectivity index (χ3n) is 3.19. The lowest BCUT2D eigenvalue weighted by molar-refractivity contribution is 0.547. The molecule has 1 aromatic heterocycles. The Balaban J connectivity index is 1.97. The van der Waals surface area contributed by atoms with Crippen molar-refractivity contribution in [1.82, 2.24) is 4.98 Å². The largest absolute Gasteiger partial charge is 0.397 e. The van der Waals surface area contributed by atoms with E-state index in [1.807, 2.05) is 12.3 Å². The average molecular weight is 205 g/mol. The molecule has 0 aliphatic heterocycles. The number of nitrogens with two attached hydrogens (primary N) is 1. The van der Waals surface area contributed by atoms with Crippen molar-refractivity contribution in [3.63, 3.8) is 0 Å². The zero-order chi connectivity index (χ0) is 10.7. The summed E-state index contributed by atoms with van der Waals surface area (Å²) in [5.74, 6) is 0.858. The van der Waals surface area contributed by atoms with Crippen LogP contribution in [-0.2, 0) is 0 Å². The quantitative estimate of drug-likeness (QED) is 0.823. The van der Waals surface area contributed by atoms with Crippen molar-refractivity contribution in [2.45, 2.75) is 25.7 Å². The third-order valence-corrected chi connectivity index (χ3v) is 3.19. The fraction of sp³-hybridized carbons (Fsp3) is 0.583. The van der Waals surface area contributed by atoms with Crippen LogP contribution in [0.1, 0.15) is 25.7 Å². The highest BCUT2D eigenvalue weighted by Crippen LogP contribution is 2.26. The van der Waals surface area contributed by atoms with E-state index < -0.39 is 0 Å². The van der Waals surface area contributed by atoms with E-state index in [4.69, 9.17) is 5.73 Å². The van der Waals surface area contributed by atoms with Gasteiger partial charge in [0, 0.05) is 19.8 Å². The Morgan fingerprint density at radius 2 is 2.13 bits per heavy atom. The Morgan fingerprint density at radius 1 is 1.40 bits per heavy atom. The van der Waals surface area contributed by atoms with Crippen LogP contribution in [0.15, 0.2) is 18.5 Å². The molecule has 1 saturated carbocycles. The van der Waals surface area contributed by atoms with E-state index >= 15 is 0 Å². The molecule has 1 fully saturated rings. The summed E-state index contributed by atoms with van der Waals surface area (Å²) in [6, 6.07) is 1.99. The lowest BCUT2D eigenvalue weighted by Gasteiger charge is -2.22. The van der Waals surface area contributed by atoms with Crippen LogP contribution in [-0.4, -0.2) is 18.6 Å². The Bertz CT molecular complexity index is 318. The van der Waals surface area contributed by atoms with Crippen LogP contribution in [0, 0.1) is 5.92 Å². The summed E-state index contributed by atoms with van der Waals surface area (Å²) in [7, 11) is 2.12. The molecule has 0 spiro atoms. The molecule has 3 nitrogen and oxygen atoms in total. The number of pyridine rings is 1. The second-order valence-corrected chi connectivity index (χ2v) is 4.51. The summed E-state index contributed by atoms with van der Waals surface area (Å²) in [5, 5.41) is 0. The van der Waals surface area contributed by atoms with Crippen molar-refractivity contribution in [2.24, 2.45) is 5.92 Å². The number of hydrogen-bond acceptors (Lipinski definition) is 3. The van der Waals surface area contributed by atoms with Crippen LogP contribution < -0.4 is 10.6 Å². The van der Waals surface area contributed by atoms with Gasteiger partial charge in [-0.1, -0.05) is 12.8 Å². The minimum Gasteiger partial charge on any atom is -0.397 e. The van der Waals surface area contributed by atoms with Gasteiger partial charge in [0.05, 0.1) is 17.6 Å². The maximum Gasteiger partial charge on any atom is 0.0570 e. The number of nitrogens with zero attached hydrogens (tertiary/aromatic N) is 2. The maximum atomic E-state index is 5.72. The molecule has 0 bridgehead atoms. The second kappa shape index (κ2) is 4.51. The van der Waals surface area contributed by atoms with Gasteiger partial charge in [-0.2, -0.15) is 0 Å². The smallest absolute Gasteiger partial charge is 0.0570 e. The van der Waals surface area contributed by atoms with Gasteiger partial charge in [0.1, 0.15) is 0 Å². The summed E-state index contributed by atoms with van der Waals surface area (Å²) >= 11 is 0. The Hall–Kier alpha value is -1.25. The lowest BCUT2D eigenvalue weighted by atomic mass is 10.1. The highest BCUT2D eigenvalue weighted by atomic mass is 15.1. The molecule has 0 saturated heterocycles. The molecule has 0 aromatic carbocycles. The SMILES string of the molecule is CN(CC1CCCC1)c1cncc(N)c1. The monoisotopic (exact) mass is 205 g/mol. The molecule has 0 radical (unpaired) electrons. The van der Waals surface area contributed by atoms with E-state index in [0.29, 0.717) is 0 Å². The van der Waals surface area contributed by atoms with Gasteiger partial charge in [-0.3, -0.25) is 4.98 Å². The molecule has 0 atom stereocenters. The van der Waals surface area contributed by atoms with Gasteiger partial charge in [0.25, 0.3) is 0 Å². The first-order valence-electron chi connectivity index (χ1n) is 5.67. The predicted octanol–water partition coefficient (Wildman–Crippen LogP) is 2.29. The van der Waals surface area contributed by atoms with Crippen LogP contribution in [0.3, 0.4) is 0 Å². The van der Waals surface area contributed by atoms with Gasteiger partial charge >= 0.3 is 0 Å². The average Bonchev–Trinajstić information content (AvgIpc) is 2.70. The highest BCUT2D eigenvalue weighted by Gasteiger charge is 2.17. The highest BCUT2D eigenvalue weighted by molar-refractivity contribution is 5.52. The van der Waals surface area contributed by atoms with Gasteiger partial charge in [0.2, 0.25) is 0 Å². The van der Waals surface area contributed by atoms with Gasteiger partial charge in [0.15, 0.2) is 0 Å². The van der Waals surface area contributed by atoms with Gasteiger partial charge in [-0.05, 0) is 24.8 Å². The molecule has 0 amide bonds. The minimum atomic E-state index is 0.741. The molecule has 2 N–H and O–H groups in total. The Morgan fingerprint density at radius 3 is 2.80 bits per heavy atom. The topological polar surface area (TPSA) is 42.2 Å². The summed E-state index contributed by atoms with van der Waals surface area (Å²) in [5.41, 5.74) is 7.58. The van der Waals surface area contributed by atoms with Crippen LogP contribution >= 0.6 is 0 Å². The van der Waals surface area contributed by atoms with Gasteiger partial charge < -0.3 is 10.6 Å². The minimum absolute atomic E-state index is 0.741. The molecule has 2 rings (SSSR count). The molecule has 15 heavy (non-hydrogen) atoms. The summed E-state index contributed by atoms with van der Waals surface area (Å²) in [6.07, 6.45) is 9.11. The summed E-state index contributed by atoms with van der Waals surface area (Å²) < 4.78 is 0. The fourth-order valence-electron chi connectivity index (χ4n) is 2.34. The zero-order valence-corrected chi connectivity index (χ0v) is 9.32. The number of anilines is 2. The third kappa shape index (κ3) is 2.61. The Labute approximate surface area is 91.3 Å². The molecule has 3 heteroatoms. The first kappa shape index (κ1) is 10.3. The second-order valence-electron chi connectivity index (χ2n) is 4.51. The van der Waals surface area contributed by atoms with Crippen molar-refractivity contribution in [3.8, 4) is 0 Å². The summed E-state index contributed by atoms with van der Waals surface area (Å²) in [4.78, 5) is 6.38. The molecule has 1 aromatic rings. The van der Waals surface area contributed by atoms with E-state index in [2.05, 4.69) is 16.9 Å². The van der Waals surface area contributed by atoms with E-state index in [9.17, 15) is 0 Å². The van der Waals surface area contributed by atoms with E-state index in [1.54, 1.807) is 6.20 Å². The zero-order valence-electron chi connectivity index (χ0n) is 9.32. The number of rotatable bonds is 3. The van der Waals surface area contributed by atoms with Gasteiger partial charge in [-0.15, -0.1) is 0 Å². The van der Waals surface area contributed by atoms with Crippen molar-refractivity contribution >= 4 is 11.4 Å². The first-order valence-corrected chi connectivity index (χ1v) is 5.67. The predicted molar refractivity (Wildman–Crippen MR) is 63.9 cm³/mol. The van der Waals surface area contributed by atoms with Crippen molar-refractivity contribution < 1.29 is 0 Å². The van der Waals surface area contributed by atoms with Crippen molar-refractivity contribution in [2.75, 3.05) is 24.2 Å². The standard InChI is InChI=1S/C12H19N3/c1-15(9-10-4-2-3-5-10)12-6-11(13)7-14-8-12/h6-8,10H,2-5,9,13H2,1H3. The van der Waals surface area contributed by atoms with E-state index in [-0.39, 0.29) is 0 Å². The lowest BCUT2D eigenvalue weighted by Crippen LogP contribution is -2.24. The van der Waals surface area contributed by atoms with Gasteiger partial charge in [-0.25, -0.2) is 0 Å². The Kier molecular flexibility index (Phi) is 3.09. The first-order chi connectivity index (χ1) is 7.25. The molecule has 0 unspecified atom stereocenters. The number of aromatic nitrogens is 1. The number of hydrogen-bond donors (Lipinski definition) is 1. The van der Waals surface area contributed by atoms with Crippen LogP contribution in [0.4, 0.5) is 11.4 Å². The molecule has 1 heterocycles. The molecule has 1 aliphatic carbocycles. The van der Waals surface area contributed by atoms with E-state index in [1.165, 1.54) is 25.7 Å². The molecule has 1 aliphatic rings. The molecular weight excluding hydrogens is 186 g/mol. The molecular formula is C12H19N3. The molecule has 82 valence electrons. The normalized spacial score (nSPS) is 16.9. The van der Waals surface area contributed by atoms with Crippen molar-refractivity contribution in [1.29, 1.82) is 0 Å². The maximum absolute atomic E-state index is 5.72. The fourth-order valence-corrected chi connectivity index (χ4v) is 2.34. The van der Waals surface area contributed by atoms with Crippen LogP contribution in [0.25, 0.3) is 0 Å². The van der Waals surface area contributed by atoms with Crippen LogP contribution in [0.5, 0.6) is 0 Å².